The van der Waals surface area contributed by atoms with Crippen LogP contribution in [0.25, 0.3) is 0 Å². The Hall–Kier alpha value is -4.62. The van der Waals surface area contributed by atoms with Crippen LogP contribution < -0.4 is 0 Å². The fraction of sp³-hybridized carbons (Fsp3) is 0.651. The average molecular weight is 1050 g/mol. The van der Waals surface area contributed by atoms with Crippen LogP contribution in [-0.4, -0.2) is 89.2 Å². The van der Waals surface area contributed by atoms with Gasteiger partial charge in [-0.25, -0.2) is 4.79 Å². The van der Waals surface area contributed by atoms with E-state index in [1.54, 1.807) is 0 Å². The lowest BCUT2D eigenvalue weighted by atomic mass is 9.98. The molecule has 6 unspecified atom stereocenters. The summed E-state index contributed by atoms with van der Waals surface area (Å²) in [4.78, 5) is 51.0. The number of carbonyl (C=O) groups excluding carboxylic acids is 3. The number of unbranched alkanes of at least 4 members (excludes halogenated alkanes) is 15. The van der Waals surface area contributed by atoms with Crippen molar-refractivity contribution in [3.63, 3.8) is 0 Å². The van der Waals surface area contributed by atoms with Crippen LogP contribution in [0.15, 0.2) is 109 Å². The molecule has 424 valence electrons. The van der Waals surface area contributed by atoms with Gasteiger partial charge in [-0.1, -0.05) is 214 Å². The molecule has 0 radical (unpaired) electrons. The number of esters is 3. The minimum Gasteiger partial charge on any atom is -0.479 e. The SMILES string of the molecule is CC/C=C\C/C=C\C/C=C\C/C=C\C/C=C\C/C=C\CCC(=O)OCC(COC1OC(C(=O)O)C(O)C(O)C1OC(=O)CCCCC/C=C\C/C=C\C/C=C\CC)OC(=O)CCCCCCCCCCCCCCC. The van der Waals surface area contributed by atoms with Crippen molar-refractivity contribution in [3.8, 4) is 0 Å². The first-order chi connectivity index (χ1) is 36.6. The van der Waals surface area contributed by atoms with E-state index in [4.69, 9.17) is 23.7 Å². The molecule has 0 aliphatic carbocycles. The van der Waals surface area contributed by atoms with Crippen molar-refractivity contribution in [1.29, 1.82) is 0 Å². The van der Waals surface area contributed by atoms with E-state index in [1.807, 2.05) is 12.2 Å². The number of rotatable bonds is 47. The lowest BCUT2D eigenvalue weighted by molar-refractivity contribution is -0.301. The second kappa shape index (κ2) is 50.2. The molecule has 1 saturated heterocycles. The van der Waals surface area contributed by atoms with Crippen LogP contribution in [0.4, 0.5) is 0 Å². The molecule has 0 aromatic rings. The molecular formula is C63H100O12. The molecule has 1 rings (SSSR count). The number of aliphatic hydroxyl groups is 2. The Kier molecular flexibility index (Phi) is 45.8. The molecule has 0 bridgehead atoms. The van der Waals surface area contributed by atoms with Crippen molar-refractivity contribution in [1.82, 2.24) is 0 Å². The highest BCUT2D eigenvalue weighted by atomic mass is 16.7. The van der Waals surface area contributed by atoms with Gasteiger partial charge in [0.05, 0.1) is 6.61 Å². The maximum atomic E-state index is 13.1. The third-order valence-electron chi connectivity index (χ3n) is 12.4. The van der Waals surface area contributed by atoms with Crippen molar-refractivity contribution in [2.45, 2.75) is 250 Å². The number of ether oxygens (including phenoxy) is 5. The first kappa shape index (κ1) is 68.4. The van der Waals surface area contributed by atoms with Gasteiger partial charge in [0.1, 0.15) is 18.8 Å². The van der Waals surface area contributed by atoms with Gasteiger partial charge < -0.3 is 39.0 Å². The molecule has 12 nitrogen and oxygen atoms in total. The lowest BCUT2D eigenvalue weighted by Gasteiger charge is -2.40. The first-order valence-electron chi connectivity index (χ1n) is 28.9. The maximum Gasteiger partial charge on any atom is 0.335 e. The highest BCUT2D eigenvalue weighted by molar-refractivity contribution is 5.74. The van der Waals surface area contributed by atoms with Crippen LogP contribution in [0, 0.1) is 0 Å². The van der Waals surface area contributed by atoms with Crippen LogP contribution >= 0.6 is 0 Å². The largest absolute Gasteiger partial charge is 0.479 e. The number of hydrogen-bond acceptors (Lipinski definition) is 11. The summed E-state index contributed by atoms with van der Waals surface area (Å²) in [6.07, 6.45) is 55.1. The predicted molar refractivity (Wildman–Crippen MR) is 303 cm³/mol. The summed E-state index contributed by atoms with van der Waals surface area (Å²) in [6, 6.07) is 0. The van der Waals surface area contributed by atoms with Gasteiger partial charge in [0.15, 0.2) is 24.6 Å². The third-order valence-corrected chi connectivity index (χ3v) is 12.4. The molecular weight excluding hydrogens is 949 g/mol. The van der Waals surface area contributed by atoms with Crippen molar-refractivity contribution >= 4 is 23.9 Å². The molecule has 0 amide bonds. The molecule has 75 heavy (non-hydrogen) atoms. The van der Waals surface area contributed by atoms with Gasteiger partial charge in [-0.15, -0.1) is 0 Å². The summed E-state index contributed by atoms with van der Waals surface area (Å²) in [7, 11) is 0. The van der Waals surface area contributed by atoms with Gasteiger partial charge >= 0.3 is 23.9 Å². The predicted octanol–water partition coefficient (Wildman–Crippen LogP) is 14.7. The molecule has 0 saturated carbocycles. The average Bonchev–Trinajstić information content (AvgIpc) is 3.39. The van der Waals surface area contributed by atoms with E-state index in [0.29, 0.717) is 19.3 Å². The molecule has 0 spiro atoms. The zero-order chi connectivity index (χ0) is 54.7. The maximum absolute atomic E-state index is 13.1. The topological polar surface area (TPSA) is 175 Å². The van der Waals surface area contributed by atoms with Gasteiger partial charge in [0, 0.05) is 19.3 Å². The van der Waals surface area contributed by atoms with Crippen LogP contribution in [0.5, 0.6) is 0 Å². The summed E-state index contributed by atoms with van der Waals surface area (Å²) in [6.45, 7) is 5.67. The van der Waals surface area contributed by atoms with Gasteiger partial charge in [-0.05, 0) is 89.9 Å². The minimum absolute atomic E-state index is 0.0140. The zero-order valence-corrected chi connectivity index (χ0v) is 46.5. The van der Waals surface area contributed by atoms with Crippen LogP contribution in [-0.2, 0) is 42.9 Å². The fourth-order valence-electron chi connectivity index (χ4n) is 8.00. The Morgan fingerprint density at radius 1 is 0.453 bits per heavy atom. The summed E-state index contributed by atoms with van der Waals surface area (Å²) >= 11 is 0. The van der Waals surface area contributed by atoms with E-state index < -0.39 is 67.3 Å². The second-order valence-corrected chi connectivity index (χ2v) is 19.2. The van der Waals surface area contributed by atoms with Gasteiger partial charge in [0.25, 0.3) is 0 Å². The Bertz CT molecular complexity index is 1720. The van der Waals surface area contributed by atoms with Gasteiger partial charge in [0.2, 0.25) is 0 Å². The summed E-state index contributed by atoms with van der Waals surface area (Å²) < 4.78 is 28.3. The number of allylic oxidation sites excluding steroid dienone is 18. The number of aliphatic carboxylic acids is 1. The molecule has 1 heterocycles. The van der Waals surface area contributed by atoms with E-state index in [-0.39, 0.29) is 25.9 Å². The number of carboxylic acids is 1. The normalized spacial score (nSPS) is 19.0. The molecule has 12 heteroatoms. The quantitative estimate of drug-likeness (QED) is 0.0228. The Morgan fingerprint density at radius 3 is 1.33 bits per heavy atom. The van der Waals surface area contributed by atoms with Crippen LogP contribution in [0.3, 0.4) is 0 Å². The lowest BCUT2D eigenvalue weighted by Crippen LogP contribution is -2.61. The minimum atomic E-state index is -1.93. The third kappa shape index (κ3) is 40.3. The number of carbonyl (C=O) groups is 4. The van der Waals surface area contributed by atoms with Crippen LogP contribution in [0.1, 0.15) is 213 Å². The molecule has 1 fully saturated rings. The molecule has 6 atom stereocenters. The van der Waals surface area contributed by atoms with E-state index in [1.165, 1.54) is 57.8 Å². The standard InChI is InChI=1S/C63H100O12/c1-4-7-10-13-16-19-22-25-26-27-28-29-30-33-34-37-40-43-46-49-55(64)71-52-54(73-56(65)50-47-44-41-38-35-31-23-20-17-14-11-8-5-2)53-72-63-61(59(68)58(67)60(75-63)62(69)70)74-57(66)51-48-45-42-39-36-32-24-21-18-15-12-9-6-3/h7,9-10,12,16,18-19,21,25-26,28-29,32-34,36,40,43,54,58-61,63,67-68H,4-6,8,11,13-15,17,20,22-24,27,30-31,35,37-39,41-42,44-53H2,1-3H3,(H,69,70)/b10-7-,12-9-,19-16-,21-18-,26-25-,29-28-,34-33-,36-32-,43-40-. The summed E-state index contributed by atoms with van der Waals surface area (Å²) in [5.41, 5.74) is 0. The number of aliphatic hydroxyl groups excluding tert-OH is 2. The highest BCUT2D eigenvalue weighted by Crippen LogP contribution is 2.26. The molecule has 1 aliphatic heterocycles. The number of carboxylic acid groups (broad SMARTS) is 1. The van der Waals surface area contributed by atoms with E-state index in [2.05, 4.69) is 118 Å². The Labute approximate surface area is 453 Å². The monoisotopic (exact) mass is 1050 g/mol. The van der Waals surface area contributed by atoms with Crippen molar-refractivity contribution in [3.05, 3.63) is 109 Å². The van der Waals surface area contributed by atoms with Gasteiger partial charge in [-0.2, -0.15) is 0 Å². The number of hydrogen-bond donors (Lipinski definition) is 3. The van der Waals surface area contributed by atoms with E-state index >= 15 is 0 Å². The molecule has 0 aromatic heterocycles. The highest BCUT2D eigenvalue weighted by Gasteiger charge is 2.50. The second-order valence-electron chi connectivity index (χ2n) is 19.2. The molecule has 0 aromatic carbocycles. The molecule has 1 aliphatic rings. The van der Waals surface area contributed by atoms with E-state index in [0.717, 1.165) is 96.3 Å². The Balaban J connectivity index is 2.76. The van der Waals surface area contributed by atoms with E-state index in [9.17, 15) is 34.5 Å². The van der Waals surface area contributed by atoms with Crippen LogP contribution in [0.2, 0.25) is 0 Å². The first-order valence-corrected chi connectivity index (χ1v) is 28.9. The van der Waals surface area contributed by atoms with Crippen molar-refractivity contribution < 1.29 is 58.2 Å². The summed E-state index contributed by atoms with van der Waals surface area (Å²) in [5, 5.41) is 31.4. The van der Waals surface area contributed by atoms with Crippen molar-refractivity contribution in [2.75, 3.05) is 13.2 Å². The fourth-order valence-corrected chi connectivity index (χ4v) is 8.00. The smallest absolute Gasteiger partial charge is 0.335 e. The molecule has 3 N–H and O–H groups in total. The van der Waals surface area contributed by atoms with Gasteiger partial charge in [-0.3, -0.25) is 14.4 Å². The zero-order valence-electron chi connectivity index (χ0n) is 46.5. The Morgan fingerprint density at radius 2 is 0.867 bits per heavy atom. The van der Waals surface area contributed by atoms with Crippen molar-refractivity contribution in [2.24, 2.45) is 0 Å². The summed E-state index contributed by atoms with van der Waals surface area (Å²) in [5.74, 6) is -3.28.